The van der Waals surface area contributed by atoms with Gasteiger partial charge in [-0.1, -0.05) is 0 Å². The van der Waals surface area contributed by atoms with Gasteiger partial charge in [-0.15, -0.1) is 0 Å². The molecule has 3 aromatic rings. The highest BCUT2D eigenvalue weighted by molar-refractivity contribution is 6.04. The average molecular weight is 369 g/mol. The van der Waals surface area contributed by atoms with E-state index in [9.17, 15) is 9.90 Å². The van der Waals surface area contributed by atoms with Gasteiger partial charge in [0.25, 0.3) is 0 Å². The molecule has 7 heteroatoms. The van der Waals surface area contributed by atoms with Crippen LogP contribution in [0.4, 0.5) is 0 Å². The lowest BCUT2D eigenvalue weighted by Crippen LogP contribution is -2.02. The molecule has 0 amide bonds. The van der Waals surface area contributed by atoms with E-state index in [1.54, 1.807) is 30.3 Å². The van der Waals surface area contributed by atoms with Crippen LogP contribution in [0.25, 0.3) is 22.2 Å². The molecule has 0 aliphatic heterocycles. The largest absolute Gasteiger partial charge is 0.497 e. The Morgan fingerprint density at radius 2 is 1.63 bits per heavy atom. The van der Waals surface area contributed by atoms with E-state index in [0.29, 0.717) is 45.2 Å². The number of benzene rings is 2. The maximum atomic E-state index is 11.8. The van der Waals surface area contributed by atoms with E-state index in [1.165, 1.54) is 34.5 Å². The molecule has 0 fully saturated rings. The molecule has 27 heavy (non-hydrogen) atoms. The zero-order valence-electron chi connectivity index (χ0n) is 15.4. The van der Waals surface area contributed by atoms with Crippen LogP contribution in [-0.4, -0.2) is 44.5 Å². The molecule has 140 valence electrons. The van der Waals surface area contributed by atoms with Crippen molar-refractivity contribution in [3.8, 4) is 34.3 Å². The van der Waals surface area contributed by atoms with Crippen LogP contribution in [0.15, 0.2) is 36.4 Å². The maximum absolute atomic E-state index is 11.8. The first-order valence-corrected chi connectivity index (χ1v) is 8.05. The number of hydrogen-bond donors (Lipinski definition) is 1. The van der Waals surface area contributed by atoms with Gasteiger partial charge in [0.05, 0.1) is 45.2 Å². The highest BCUT2D eigenvalue weighted by Crippen LogP contribution is 2.44. The Labute approximate surface area is 156 Å². The van der Waals surface area contributed by atoms with Gasteiger partial charge in [0.15, 0.2) is 11.5 Å². The van der Waals surface area contributed by atoms with Crippen LogP contribution in [0.2, 0.25) is 0 Å². The molecule has 0 aliphatic rings. The Morgan fingerprint density at radius 1 is 0.889 bits per heavy atom. The summed E-state index contributed by atoms with van der Waals surface area (Å²) in [5, 5.41) is 10.2. The van der Waals surface area contributed by atoms with Gasteiger partial charge in [0, 0.05) is 10.9 Å². The molecule has 0 unspecified atom stereocenters. The van der Waals surface area contributed by atoms with E-state index in [2.05, 4.69) is 4.98 Å². The first kappa shape index (κ1) is 18.3. The van der Waals surface area contributed by atoms with Crippen LogP contribution in [0.5, 0.6) is 23.0 Å². The SMILES string of the molecule is COc1ccc2nc(-c3ccc(OC)c(OC)c3OC)cc(C(=O)O)c2c1. The van der Waals surface area contributed by atoms with E-state index in [1.807, 2.05) is 0 Å². The summed E-state index contributed by atoms with van der Waals surface area (Å²) < 4.78 is 21.4. The minimum atomic E-state index is -1.06. The number of aromatic carboxylic acids is 1. The third-order valence-electron chi connectivity index (χ3n) is 4.23. The summed E-state index contributed by atoms with van der Waals surface area (Å²) in [4.78, 5) is 16.4. The van der Waals surface area contributed by atoms with Crippen LogP contribution in [0, 0.1) is 0 Å². The molecule has 3 rings (SSSR count). The molecule has 0 atom stereocenters. The van der Waals surface area contributed by atoms with Gasteiger partial charge in [-0.05, 0) is 36.4 Å². The maximum Gasteiger partial charge on any atom is 0.336 e. The van der Waals surface area contributed by atoms with Crippen molar-refractivity contribution >= 4 is 16.9 Å². The third-order valence-corrected chi connectivity index (χ3v) is 4.23. The van der Waals surface area contributed by atoms with Crippen molar-refractivity contribution in [3.05, 3.63) is 42.0 Å². The first-order chi connectivity index (χ1) is 13.0. The summed E-state index contributed by atoms with van der Waals surface area (Å²) in [5.74, 6) is 0.821. The van der Waals surface area contributed by atoms with Crippen molar-refractivity contribution in [2.24, 2.45) is 0 Å². The van der Waals surface area contributed by atoms with Gasteiger partial charge in [-0.3, -0.25) is 0 Å². The molecule has 0 bridgehead atoms. The molecule has 0 radical (unpaired) electrons. The number of hydrogen-bond acceptors (Lipinski definition) is 6. The second kappa shape index (κ2) is 7.41. The molecule has 7 nitrogen and oxygen atoms in total. The number of rotatable bonds is 6. The number of carbonyl (C=O) groups is 1. The second-order valence-corrected chi connectivity index (χ2v) is 5.63. The van der Waals surface area contributed by atoms with E-state index in [4.69, 9.17) is 18.9 Å². The third kappa shape index (κ3) is 3.19. The first-order valence-electron chi connectivity index (χ1n) is 8.05. The van der Waals surface area contributed by atoms with Gasteiger partial charge in [0.1, 0.15) is 5.75 Å². The zero-order chi connectivity index (χ0) is 19.6. The normalized spacial score (nSPS) is 10.5. The Morgan fingerprint density at radius 3 is 2.22 bits per heavy atom. The summed E-state index contributed by atoms with van der Waals surface area (Å²) in [6.07, 6.45) is 0. The molecule has 2 aromatic carbocycles. The lowest BCUT2D eigenvalue weighted by molar-refractivity contribution is 0.0699. The molecule has 1 heterocycles. The van der Waals surface area contributed by atoms with Crippen LogP contribution in [0.1, 0.15) is 10.4 Å². The standard InChI is InChI=1S/C20H19NO6/c1-24-11-5-7-15-13(9-11)14(20(22)23)10-16(21-15)12-6-8-17(25-2)19(27-4)18(12)26-3/h5-10H,1-4H3,(H,22,23). The van der Waals surface area contributed by atoms with Gasteiger partial charge in [0.2, 0.25) is 5.75 Å². The van der Waals surface area contributed by atoms with Crippen LogP contribution >= 0.6 is 0 Å². The van der Waals surface area contributed by atoms with Gasteiger partial charge in [-0.25, -0.2) is 9.78 Å². The fraction of sp³-hybridized carbons (Fsp3) is 0.200. The number of pyridine rings is 1. The minimum Gasteiger partial charge on any atom is -0.497 e. The van der Waals surface area contributed by atoms with Crippen molar-refractivity contribution < 1.29 is 28.8 Å². The topological polar surface area (TPSA) is 87.1 Å². The fourth-order valence-corrected chi connectivity index (χ4v) is 2.95. The molecule has 1 aromatic heterocycles. The summed E-state index contributed by atoms with van der Waals surface area (Å²) in [6.45, 7) is 0. The van der Waals surface area contributed by atoms with E-state index >= 15 is 0 Å². The fourth-order valence-electron chi connectivity index (χ4n) is 2.95. The lowest BCUT2D eigenvalue weighted by atomic mass is 10.0. The number of fused-ring (bicyclic) bond motifs is 1. The molecule has 0 aliphatic carbocycles. The monoisotopic (exact) mass is 369 g/mol. The Hall–Kier alpha value is -3.48. The smallest absolute Gasteiger partial charge is 0.336 e. The van der Waals surface area contributed by atoms with Crippen LogP contribution in [-0.2, 0) is 0 Å². The zero-order valence-corrected chi connectivity index (χ0v) is 15.4. The van der Waals surface area contributed by atoms with Crippen LogP contribution < -0.4 is 18.9 Å². The number of carboxylic acid groups (broad SMARTS) is 1. The molecule has 0 saturated carbocycles. The minimum absolute atomic E-state index is 0.116. The number of aromatic nitrogens is 1. The van der Waals surface area contributed by atoms with Crippen LogP contribution in [0.3, 0.4) is 0 Å². The predicted molar refractivity (Wildman–Crippen MR) is 100 cm³/mol. The molecule has 1 N–H and O–H groups in total. The molecular formula is C20H19NO6. The van der Waals surface area contributed by atoms with Crippen molar-refractivity contribution in [2.45, 2.75) is 0 Å². The van der Waals surface area contributed by atoms with E-state index in [0.717, 1.165) is 0 Å². The lowest BCUT2D eigenvalue weighted by Gasteiger charge is -2.16. The number of ether oxygens (including phenoxy) is 4. The van der Waals surface area contributed by atoms with E-state index in [-0.39, 0.29) is 5.56 Å². The van der Waals surface area contributed by atoms with Gasteiger partial charge in [-0.2, -0.15) is 0 Å². The number of carboxylic acids is 1. The molecule has 0 spiro atoms. The second-order valence-electron chi connectivity index (χ2n) is 5.63. The predicted octanol–water partition coefficient (Wildman–Crippen LogP) is 3.63. The molecule has 0 saturated heterocycles. The highest BCUT2D eigenvalue weighted by atomic mass is 16.5. The number of methoxy groups -OCH3 is 4. The quantitative estimate of drug-likeness (QED) is 0.710. The summed E-state index contributed by atoms with van der Waals surface area (Å²) in [6, 6.07) is 10.1. The number of nitrogens with zero attached hydrogens (tertiary/aromatic N) is 1. The average Bonchev–Trinajstić information content (AvgIpc) is 2.70. The highest BCUT2D eigenvalue weighted by Gasteiger charge is 2.20. The van der Waals surface area contributed by atoms with Crippen molar-refractivity contribution in [1.82, 2.24) is 4.98 Å². The summed E-state index contributed by atoms with van der Waals surface area (Å²) in [7, 11) is 6.07. The molecular weight excluding hydrogens is 350 g/mol. The Balaban J connectivity index is 2.31. The Bertz CT molecular complexity index is 1020. The summed E-state index contributed by atoms with van der Waals surface area (Å²) in [5.41, 5.74) is 1.69. The van der Waals surface area contributed by atoms with E-state index < -0.39 is 5.97 Å². The van der Waals surface area contributed by atoms with Crippen molar-refractivity contribution in [3.63, 3.8) is 0 Å². The summed E-state index contributed by atoms with van der Waals surface area (Å²) >= 11 is 0. The Kier molecular flexibility index (Phi) is 5.03. The van der Waals surface area contributed by atoms with Gasteiger partial charge >= 0.3 is 5.97 Å². The van der Waals surface area contributed by atoms with Crippen molar-refractivity contribution in [1.29, 1.82) is 0 Å². The van der Waals surface area contributed by atoms with Gasteiger partial charge < -0.3 is 24.1 Å². The van der Waals surface area contributed by atoms with Crippen molar-refractivity contribution in [2.75, 3.05) is 28.4 Å².